The first-order chi connectivity index (χ1) is 11.0. The van der Waals surface area contributed by atoms with Gasteiger partial charge in [0.25, 0.3) is 0 Å². The summed E-state index contributed by atoms with van der Waals surface area (Å²) in [5.74, 6) is -0.0620. The minimum absolute atomic E-state index is 0.0902. The molecular formula is C16H18O7. The average Bonchev–Trinajstić information content (AvgIpc) is 2.57. The van der Waals surface area contributed by atoms with Gasteiger partial charge in [0.1, 0.15) is 24.4 Å². The van der Waals surface area contributed by atoms with E-state index in [1.54, 1.807) is 18.2 Å². The molecule has 23 heavy (non-hydrogen) atoms. The number of phenolic OH excluding ortho intramolecular Hbond substituents is 1. The average molecular weight is 322 g/mol. The Morgan fingerprint density at radius 2 is 1.70 bits per heavy atom. The van der Waals surface area contributed by atoms with Crippen LogP contribution >= 0.6 is 0 Å². The molecule has 1 fully saturated rings. The van der Waals surface area contributed by atoms with Gasteiger partial charge in [-0.15, -0.1) is 0 Å². The maximum atomic E-state index is 10.0. The summed E-state index contributed by atoms with van der Waals surface area (Å²) in [6, 6.07) is 10.3. The first-order valence-corrected chi connectivity index (χ1v) is 7.21. The molecule has 5 N–H and O–H groups in total. The van der Waals surface area contributed by atoms with Crippen LogP contribution in [0.1, 0.15) is 0 Å². The van der Waals surface area contributed by atoms with Crippen molar-refractivity contribution >= 4 is 10.8 Å². The number of fused-ring (bicyclic) bond motifs is 1. The Labute approximate surface area is 131 Å². The third-order valence-electron chi connectivity index (χ3n) is 3.94. The van der Waals surface area contributed by atoms with Crippen molar-refractivity contribution in [3.63, 3.8) is 0 Å². The standard InChI is InChI=1S/C16H18O7/c17-7-11-12(19)13(20)14(21)16(22-11)23-15-9-4-2-1-3-8(9)5-6-10(15)18/h1-6,11-14,16-21H,7H2/t11-,12+,13+,14-,16-/m1/s1. The van der Waals surface area contributed by atoms with Gasteiger partial charge in [-0.25, -0.2) is 0 Å². The molecule has 0 saturated carbocycles. The van der Waals surface area contributed by atoms with Gasteiger partial charge in [-0.2, -0.15) is 0 Å². The SMILES string of the molecule is OC[C@H]1O[C@H](Oc2c(O)ccc3ccccc23)[C@H](O)[C@@H](O)[C@H]1O. The van der Waals surface area contributed by atoms with Gasteiger partial charge in [-0.3, -0.25) is 0 Å². The fourth-order valence-electron chi connectivity index (χ4n) is 2.64. The molecule has 5 atom stereocenters. The Morgan fingerprint density at radius 1 is 0.957 bits per heavy atom. The van der Waals surface area contributed by atoms with Gasteiger partial charge in [0.2, 0.25) is 6.29 Å². The van der Waals surface area contributed by atoms with Gasteiger partial charge < -0.3 is 35.0 Å². The van der Waals surface area contributed by atoms with Crippen molar-refractivity contribution in [2.24, 2.45) is 0 Å². The third-order valence-corrected chi connectivity index (χ3v) is 3.94. The van der Waals surface area contributed by atoms with E-state index in [1.807, 2.05) is 12.1 Å². The van der Waals surface area contributed by atoms with Crippen LogP contribution in [0.5, 0.6) is 11.5 Å². The fraction of sp³-hybridized carbons (Fsp3) is 0.375. The molecule has 0 amide bonds. The summed E-state index contributed by atoms with van der Waals surface area (Å²) in [7, 11) is 0. The molecule has 1 heterocycles. The van der Waals surface area contributed by atoms with Gasteiger partial charge in [-0.05, 0) is 11.5 Å². The molecule has 1 aliphatic heterocycles. The van der Waals surface area contributed by atoms with E-state index in [1.165, 1.54) is 6.07 Å². The summed E-state index contributed by atoms with van der Waals surface area (Å²) in [6.07, 6.45) is -6.96. The van der Waals surface area contributed by atoms with Crippen LogP contribution in [0.2, 0.25) is 0 Å². The zero-order valence-corrected chi connectivity index (χ0v) is 12.1. The molecule has 1 saturated heterocycles. The van der Waals surface area contributed by atoms with Crippen molar-refractivity contribution < 1.29 is 35.0 Å². The van der Waals surface area contributed by atoms with Crippen LogP contribution in [0.15, 0.2) is 36.4 Å². The summed E-state index contributed by atoms with van der Waals surface area (Å²) in [6.45, 7) is -0.549. The molecule has 0 spiro atoms. The summed E-state index contributed by atoms with van der Waals surface area (Å²) in [5.41, 5.74) is 0. The molecule has 0 radical (unpaired) electrons. The van der Waals surface area contributed by atoms with Crippen molar-refractivity contribution in [2.75, 3.05) is 6.61 Å². The number of benzene rings is 2. The summed E-state index contributed by atoms with van der Waals surface area (Å²) >= 11 is 0. The van der Waals surface area contributed by atoms with Gasteiger partial charge in [0.15, 0.2) is 11.5 Å². The third kappa shape index (κ3) is 2.85. The van der Waals surface area contributed by atoms with Crippen LogP contribution in [0, 0.1) is 0 Å². The first kappa shape index (κ1) is 16.0. The summed E-state index contributed by atoms with van der Waals surface area (Å²) < 4.78 is 10.9. The number of rotatable bonds is 3. The number of aromatic hydroxyl groups is 1. The fourth-order valence-corrected chi connectivity index (χ4v) is 2.64. The molecule has 2 aromatic carbocycles. The van der Waals surface area contributed by atoms with Crippen molar-refractivity contribution in [3.05, 3.63) is 36.4 Å². The monoisotopic (exact) mass is 322 g/mol. The number of hydrogen-bond acceptors (Lipinski definition) is 7. The molecule has 2 aromatic rings. The van der Waals surface area contributed by atoms with E-state index in [0.717, 1.165) is 5.39 Å². The largest absolute Gasteiger partial charge is 0.504 e. The van der Waals surface area contributed by atoms with Crippen molar-refractivity contribution in [1.82, 2.24) is 0 Å². The zero-order valence-electron chi connectivity index (χ0n) is 12.1. The Hall–Kier alpha value is -1.90. The second kappa shape index (κ2) is 6.31. The molecule has 7 heteroatoms. The Bertz CT molecular complexity index is 687. The van der Waals surface area contributed by atoms with Crippen molar-refractivity contribution in [3.8, 4) is 11.5 Å². The van der Waals surface area contributed by atoms with Crippen LogP contribution in [-0.2, 0) is 4.74 Å². The number of ether oxygens (including phenoxy) is 2. The molecule has 0 aliphatic carbocycles. The predicted octanol–water partition coefficient (Wildman–Crippen LogP) is -0.276. The number of hydrogen-bond donors (Lipinski definition) is 5. The predicted molar refractivity (Wildman–Crippen MR) is 80.0 cm³/mol. The van der Waals surface area contributed by atoms with Crippen LogP contribution in [0.4, 0.5) is 0 Å². The number of aliphatic hydroxyl groups excluding tert-OH is 4. The lowest BCUT2D eigenvalue weighted by Crippen LogP contribution is -2.60. The van der Waals surface area contributed by atoms with Crippen LogP contribution in [0.3, 0.4) is 0 Å². The smallest absolute Gasteiger partial charge is 0.229 e. The lowest BCUT2D eigenvalue weighted by atomic mass is 9.99. The van der Waals surface area contributed by atoms with E-state index in [0.29, 0.717) is 5.39 Å². The van der Waals surface area contributed by atoms with E-state index in [-0.39, 0.29) is 11.5 Å². The highest BCUT2D eigenvalue weighted by Gasteiger charge is 2.45. The molecule has 0 unspecified atom stereocenters. The minimum atomic E-state index is -1.54. The summed E-state index contributed by atoms with van der Waals surface area (Å²) in [4.78, 5) is 0. The maximum Gasteiger partial charge on any atom is 0.229 e. The Kier molecular flexibility index (Phi) is 4.38. The maximum absolute atomic E-state index is 10.0. The van der Waals surface area contributed by atoms with Gasteiger partial charge >= 0.3 is 0 Å². The molecule has 1 aliphatic rings. The molecule has 124 valence electrons. The van der Waals surface area contributed by atoms with Gasteiger partial charge in [0, 0.05) is 5.39 Å². The topological polar surface area (TPSA) is 120 Å². The van der Waals surface area contributed by atoms with Gasteiger partial charge in [-0.1, -0.05) is 30.3 Å². The highest BCUT2D eigenvalue weighted by Crippen LogP contribution is 2.37. The van der Waals surface area contributed by atoms with E-state index in [4.69, 9.17) is 9.47 Å². The first-order valence-electron chi connectivity index (χ1n) is 7.21. The van der Waals surface area contributed by atoms with Crippen LogP contribution < -0.4 is 4.74 Å². The Balaban J connectivity index is 1.93. The highest BCUT2D eigenvalue weighted by atomic mass is 16.7. The normalized spacial score (nSPS) is 31.2. The number of aliphatic hydroxyl groups is 4. The zero-order chi connectivity index (χ0) is 16.6. The van der Waals surface area contributed by atoms with E-state index in [9.17, 15) is 25.5 Å². The van der Waals surface area contributed by atoms with E-state index in [2.05, 4.69) is 0 Å². The minimum Gasteiger partial charge on any atom is -0.504 e. The Morgan fingerprint density at radius 3 is 2.43 bits per heavy atom. The van der Waals surface area contributed by atoms with E-state index < -0.39 is 37.3 Å². The van der Waals surface area contributed by atoms with Gasteiger partial charge in [0.05, 0.1) is 6.61 Å². The highest BCUT2D eigenvalue weighted by molar-refractivity contribution is 5.90. The number of phenols is 1. The van der Waals surface area contributed by atoms with E-state index >= 15 is 0 Å². The second-order valence-corrected chi connectivity index (χ2v) is 5.45. The van der Waals surface area contributed by atoms with Crippen molar-refractivity contribution in [2.45, 2.75) is 30.7 Å². The molecule has 3 rings (SSSR count). The van der Waals surface area contributed by atoms with Crippen molar-refractivity contribution in [1.29, 1.82) is 0 Å². The molecule has 0 bridgehead atoms. The quantitative estimate of drug-likeness (QED) is 0.527. The molecule has 7 nitrogen and oxygen atoms in total. The molecular weight excluding hydrogens is 304 g/mol. The lowest BCUT2D eigenvalue weighted by molar-refractivity contribution is -0.277. The van der Waals surface area contributed by atoms with Crippen LogP contribution in [0.25, 0.3) is 10.8 Å². The molecule has 0 aromatic heterocycles. The lowest BCUT2D eigenvalue weighted by Gasteiger charge is -2.39. The summed E-state index contributed by atoms with van der Waals surface area (Å²) in [5, 5.41) is 50.2. The second-order valence-electron chi connectivity index (χ2n) is 5.45. The van der Waals surface area contributed by atoms with Crippen LogP contribution in [-0.4, -0.2) is 62.8 Å².